The third kappa shape index (κ3) is 5.59. The molecular weight excluding hydrogens is 406 g/mol. The van der Waals surface area contributed by atoms with Crippen molar-refractivity contribution in [3.05, 3.63) is 69.6 Å². The topological polar surface area (TPSA) is 46.6 Å². The number of hydrogen-bond donors (Lipinski definition) is 0. The number of thioether (sulfide) groups is 1. The SMILES string of the molecule is Cc1ccc(C(C)C)c(OCCN2C(=O)S/C(=C\c3ccc(C(C)(C)C)cc3)C2=O)c1. The number of amides is 2. The van der Waals surface area contributed by atoms with Crippen LogP contribution in [0.4, 0.5) is 4.79 Å². The molecule has 164 valence electrons. The molecule has 5 heteroatoms. The van der Waals surface area contributed by atoms with Crippen LogP contribution in [0.25, 0.3) is 6.08 Å². The van der Waals surface area contributed by atoms with E-state index in [-0.39, 0.29) is 29.7 Å². The van der Waals surface area contributed by atoms with Gasteiger partial charge in [-0.05, 0) is 64.4 Å². The van der Waals surface area contributed by atoms with Crippen LogP contribution in [-0.4, -0.2) is 29.2 Å². The third-order valence-electron chi connectivity index (χ3n) is 5.31. The van der Waals surface area contributed by atoms with Crippen LogP contribution in [0, 0.1) is 6.92 Å². The summed E-state index contributed by atoms with van der Waals surface area (Å²) in [5.41, 5.74) is 4.45. The van der Waals surface area contributed by atoms with Crippen LogP contribution in [0.3, 0.4) is 0 Å². The maximum Gasteiger partial charge on any atom is 0.293 e. The van der Waals surface area contributed by atoms with Crippen LogP contribution in [0.5, 0.6) is 5.75 Å². The fourth-order valence-corrected chi connectivity index (χ4v) is 4.28. The van der Waals surface area contributed by atoms with Crippen molar-refractivity contribution in [3.63, 3.8) is 0 Å². The van der Waals surface area contributed by atoms with Gasteiger partial charge in [-0.3, -0.25) is 14.5 Å². The summed E-state index contributed by atoms with van der Waals surface area (Å²) >= 11 is 0.986. The summed E-state index contributed by atoms with van der Waals surface area (Å²) in [4.78, 5) is 26.9. The molecule has 4 nitrogen and oxygen atoms in total. The lowest BCUT2D eigenvalue weighted by atomic mass is 9.87. The van der Waals surface area contributed by atoms with Crippen LogP contribution >= 0.6 is 11.8 Å². The average Bonchev–Trinajstić information content (AvgIpc) is 2.95. The molecule has 2 amide bonds. The van der Waals surface area contributed by atoms with Gasteiger partial charge in [-0.1, -0.05) is 71.0 Å². The Kier molecular flexibility index (Phi) is 6.95. The number of carbonyl (C=O) groups is 2. The zero-order valence-corrected chi connectivity index (χ0v) is 20.0. The number of carbonyl (C=O) groups excluding carboxylic acids is 2. The second-order valence-electron chi connectivity index (χ2n) is 9.25. The Morgan fingerprint density at radius 3 is 2.35 bits per heavy atom. The molecule has 31 heavy (non-hydrogen) atoms. The maximum atomic E-state index is 12.8. The van der Waals surface area contributed by atoms with Crippen molar-refractivity contribution in [1.29, 1.82) is 0 Å². The smallest absolute Gasteiger partial charge is 0.293 e. The molecule has 0 aliphatic carbocycles. The minimum atomic E-state index is -0.258. The predicted octanol–water partition coefficient (Wildman–Crippen LogP) is 6.53. The summed E-state index contributed by atoms with van der Waals surface area (Å²) in [5.74, 6) is 0.892. The summed E-state index contributed by atoms with van der Waals surface area (Å²) < 4.78 is 5.96. The lowest BCUT2D eigenvalue weighted by molar-refractivity contribution is -0.123. The van der Waals surface area contributed by atoms with Crippen molar-refractivity contribution in [2.45, 2.75) is 52.9 Å². The van der Waals surface area contributed by atoms with E-state index in [0.29, 0.717) is 10.8 Å². The molecule has 0 atom stereocenters. The first-order valence-electron chi connectivity index (χ1n) is 10.7. The minimum Gasteiger partial charge on any atom is -0.491 e. The zero-order chi connectivity index (χ0) is 22.8. The molecule has 1 aliphatic heterocycles. The highest BCUT2D eigenvalue weighted by atomic mass is 32.2. The Morgan fingerprint density at radius 2 is 1.74 bits per heavy atom. The van der Waals surface area contributed by atoms with Crippen molar-refractivity contribution in [3.8, 4) is 5.75 Å². The van der Waals surface area contributed by atoms with E-state index < -0.39 is 0 Å². The Bertz CT molecular complexity index is 1000. The normalized spacial score (nSPS) is 16.0. The quantitative estimate of drug-likeness (QED) is 0.482. The Balaban J connectivity index is 1.66. The number of ether oxygens (including phenoxy) is 1. The van der Waals surface area contributed by atoms with Crippen molar-refractivity contribution in [1.82, 2.24) is 4.90 Å². The van der Waals surface area contributed by atoms with Crippen LogP contribution < -0.4 is 4.74 Å². The summed E-state index contributed by atoms with van der Waals surface area (Å²) in [7, 11) is 0. The monoisotopic (exact) mass is 437 g/mol. The predicted molar refractivity (Wildman–Crippen MR) is 129 cm³/mol. The second kappa shape index (κ2) is 9.31. The Morgan fingerprint density at radius 1 is 1.06 bits per heavy atom. The zero-order valence-electron chi connectivity index (χ0n) is 19.2. The van der Waals surface area contributed by atoms with Gasteiger partial charge in [-0.15, -0.1) is 0 Å². The van der Waals surface area contributed by atoms with Crippen LogP contribution in [0.15, 0.2) is 47.4 Å². The molecule has 0 unspecified atom stereocenters. The van der Waals surface area contributed by atoms with Gasteiger partial charge in [-0.2, -0.15) is 0 Å². The fourth-order valence-electron chi connectivity index (χ4n) is 3.41. The first kappa shape index (κ1) is 23.1. The Hall–Kier alpha value is -2.53. The number of aryl methyl sites for hydroxylation is 1. The van der Waals surface area contributed by atoms with Gasteiger partial charge in [0.2, 0.25) is 0 Å². The molecule has 1 aliphatic rings. The molecule has 0 radical (unpaired) electrons. The molecule has 1 fully saturated rings. The van der Waals surface area contributed by atoms with Crippen LogP contribution in [0.2, 0.25) is 0 Å². The van der Waals surface area contributed by atoms with Crippen molar-refractivity contribution >= 4 is 29.0 Å². The van der Waals surface area contributed by atoms with E-state index in [2.05, 4.69) is 58.9 Å². The van der Waals surface area contributed by atoms with E-state index in [4.69, 9.17) is 4.74 Å². The number of nitrogens with zero attached hydrogens (tertiary/aromatic N) is 1. The average molecular weight is 438 g/mol. The van der Waals surface area contributed by atoms with Crippen molar-refractivity contribution < 1.29 is 14.3 Å². The van der Waals surface area contributed by atoms with E-state index in [1.165, 1.54) is 10.5 Å². The fraction of sp³-hybridized carbons (Fsp3) is 0.385. The molecule has 0 saturated carbocycles. The number of benzene rings is 2. The van der Waals surface area contributed by atoms with Crippen molar-refractivity contribution in [2.75, 3.05) is 13.2 Å². The first-order chi connectivity index (χ1) is 14.6. The van der Waals surface area contributed by atoms with E-state index in [9.17, 15) is 9.59 Å². The van der Waals surface area contributed by atoms with Gasteiger partial charge in [0.1, 0.15) is 12.4 Å². The van der Waals surface area contributed by atoms with Gasteiger partial charge in [0, 0.05) is 0 Å². The lowest BCUT2D eigenvalue weighted by Gasteiger charge is -2.18. The number of rotatable bonds is 6. The molecule has 1 saturated heterocycles. The molecule has 0 N–H and O–H groups in total. The standard InChI is InChI=1S/C26H31NO3S/c1-17(2)21-12-7-18(3)15-22(21)30-14-13-27-24(28)23(31-25(27)29)16-19-8-10-20(11-9-19)26(4,5)6/h7-12,15-17H,13-14H2,1-6H3/b23-16-. The molecule has 0 bridgehead atoms. The molecule has 0 aromatic heterocycles. The van der Waals surface area contributed by atoms with Crippen LogP contribution in [-0.2, 0) is 10.2 Å². The van der Waals surface area contributed by atoms with Gasteiger partial charge in [0.05, 0.1) is 11.4 Å². The van der Waals surface area contributed by atoms with Gasteiger partial charge < -0.3 is 4.74 Å². The van der Waals surface area contributed by atoms with Crippen molar-refractivity contribution in [2.24, 2.45) is 0 Å². The molecule has 3 rings (SSSR count). The van der Waals surface area contributed by atoms with Gasteiger partial charge in [0.25, 0.3) is 11.1 Å². The summed E-state index contributed by atoms with van der Waals surface area (Å²) in [6.45, 7) is 13.2. The number of imide groups is 1. The summed E-state index contributed by atoms with van der Waals surface area (Å²) in [6.07, 6.45) is 1.79. The van der Waals surface area contributed by atoms with E-state index in [1.54, 1.807) is 6.08 Å². The first-order valence-corrected chi connectivity index (χ1v) is 11.5. The summed E-state index contributed by atoms with van der Waals surface area (Å²) in [6, 6.07) is 14.3. The molecule has 2 aromatic rings. The van der Waals surface area contributed by atoms with Gasteiger partial charge in [0.15, 0.2) is 0 Å². The molecule has 1 heterocycles. The maximum absolute atomic E-state index is 12.8. The van der Waals surface area contributed by atoms with E-state index in [0.717, 1.165) is 34.2 Å². The van der Waals surface area contributed by atoms with E-state index >= 15 is 0 Å². The highest BCUT2D eigenvalue weighted by Gasteiger charge is 2.34. The van der Waals surface area contributed by atoms with Crippen LogP contribution in [0.1, 0.15) is 62.8 Å². The highest BCUT2D eigenvalue weighted by molar-refractivity contribution is 8.18. The Labute approximate surface area is 189 Å². The van der Waals surface area contributed by atoms with Gasteiger partial charge in [-0.25, -0.2) is 0 Å². The minimum absolute atomic E-state index is 0.0725. The summed E-state index contributed by atoms with van der Waals surface area (Å²) in [5, 5.41) is -0.250. The molecule has 2 aromatic carbocycles. The third-order valence-corrected chi connectivity index (χ3v) is 6.22. The van der Waals surface area contributed by atoms with E-state index in [1.807, 2.05) is 25.1 Å². The largest absolute Gasteiger partial charge is 0.491 e. The lowest BCUT2D eigenvalue weighted by Crippen LogP contribution is -2.32. The van der Waals surface area contributed by atoms with Gasteiger partial charge >= 0.3 is 0 Å². The number of hydrogen-bond acceptors (Lipinski definition) is 4. The second-order valence-corrected chi connectivity index (χ2v) is 10.2. The molecular formula is C26H31NO3S. The highest BCUT2D eigenvalue weighted by Crippen LogP contribution is 2.33. The molecule has 0 spiro atoms.